The van der Waals surface area contributed by atoms with Crippen LogP contribution in [0.4, 0.5) is 0 Å². The van der Waals surface area contributed by atoms with Crippen LogP contribution in [0.1, 0.15) is 47.0 Å². The lowest BCUT2D eigenvalue weighted by Crippen LogP contribution is -2.29. The van der Waals surface area contributed by atoms with E-state index in [1.807, 2.05) is 0 Å². The highest BCUT2D eigenvalue weighted by atomic mass is 32.1. The Morgan fingerprint density at radius 1 is 1.58 bits per heavy atom. The van der Waals surface area contributed by atoms with Gasteiger partial charge in [0.25, 0.3) is 5.91 Å². The molecule has 1 atom stereocenters. The van der Waals surface area contributed by atoms with Gasteiger partial charge in [0.05, 0.1) is 6.61 Å². The molecular weight excluding hydrogens is 264 g/mol. The maximum absolute atomic E-state index is 11.9. The Labute approximate surface area is 116 Å². The number of carbonyl (C=O) groups excluding carboxylic acids is 2. The van der Waals surface area contributed by atoms with Crippen molar-refractivity contribution in [3.8, 4) is 0 Å². The van der Waals surface area contributed by atoms with Gasteiger partial charge >= 0.3 is 5.97 Å². The minimum Gasteiger partial charge on any atom is -0.461 e. The first kappa shape index (κ1) is 14.0. The van der Waals surface area contributed by atoms with Gasteiger partial charge < -0.3 is 10.1 Å². The number of rotatable bonds is 6. The molecule has 6 heteroatoms. The van der Waals surface area contributed by atoms with E-state index < -0.39 is 5.97 Å². The van der Waals surface area contributed by atoms with Crippen LogP contribution in [0.2, 0.25) is 0 Å². The molecule has 0 bridgehead atoms. The Kier molecular flexibility index (Phi) is 4.52. The van der Waals surface area contributed by atoms with Crippen LogP contribution in [0.5, 0.6) is 0 Å². The Hall–Kier alpha value is -1.43. The van der Waals surface area contributed by atoms with Gasteiger partial charge in [0.15, 0.2) is 0 Å². The summed E-state index contributed by atoms with van der Waals surface area (Å²) in [7, 11) is 0. The number of nitrogens with zero attached hydrogens (tertiary/aromatic N) is 1. The molecule has 1 unspecified atom stereocenters. The molecule has 0 saturated heterocycles. The fourth-order valence-corrected chi connectivity index (χ4v) is 2.53. The van der Waals surface area contributed by atoms with E-state index in [9.17, 15) is 9.59 Å². The van der Waals surface area contributed by atoms with Gasteiger partial charge in [0.2, 0.25) is 5.01 Å². The fraction of sp³-hybridized carbons (Fsp3) is 0.615. The van der Waals surface area contributed by atoms with Gasteiger partial charge in [0, 0.05) is 11.9 Å². The van der Waals surface area contributed by atoms with E-state index in [2.05, 4.69) is 17.2 Å². The minimum atomic E-state index is -0.474. The summed E-state index contributed by atoms with van der Waals surface area (Å²) in [6, 6.07) is 0. The quantitative estimate of drug-likeness (QED) is 0.811. The average Bonchev–Trinajstić information content (AvgIpc) is 3.13. The standard InChI is InChI=1S/C13H18N2O3S/c1-3-18-13(17)12-15-10(7-19-12)11(16)14-6-8(2)9-4-5-9/h7-9H,3-6H2,1-2H3,(H,14,16). The Morgan fingerprint density at radius 2 is 2.32 bits per heavy atom. The third-order valence-corrected chi connectivity index (χ3v) is 4.02. The second-order valence-corrected chi connectivity index (χ2v) is 5.64. The first-order chi connectivity index (χ1) is 9.11. The molecule has 1 amide bonds. The normalized spacial score (nSPS) is 15.9. The molecule has 0 spiro atoms. The van der Waals surface area contributed by atoms with Crippen molar-refractivity contribution in [2.75, 3.05) is 13.2 Å². The molecule has 1 saturated carbocycles. The summed E-state index contributed by atoms with van der Waals surface area (Å²) in [5, 5.41) is 4.67. The highest BCUT2D eigenvalue weighted by Gasteiger charge is 2.28. The Bertz CT molecular complexity index is 468. The van der Waals surface area contributed by atoms with E-state index in [0.29, 0.717) is 19.1 Å². The molecule has 1 N–H and O–H groups in total. The van der Waals surface area contributed by atoms with Crippen LogP contribution in [0.25, 0.3) is 0 Å². The number of amides is 1. The molecule has 0 radical (unpaired) electrons. The molecule has 19 heavy (non-hydrogen) atoms. The van der Waals surface area contributed by atoms with Gasteiger partial charge in [-0.25, -0.2) is 9.78 Å². The number of thiazole rings is 1. The summed E-state index contributed by atoms with van der Waals surface area (Å²) in [5.41, 5.74) is 0.288. The molecular formula is C13H18N2O3S. The van der Waals surface area contributed by atoms with Crippen molar-refractivity contribution in [1.82, 2.24) is 10.3 Å². The van der Waals surface area contributed by atoms with Crippen LogP contribution in [-0.4, -0.2) is 30.0 Å². The zero-order valence-corrected chi connectivity index (χ0v) is 12.0. The van der Waals surface area contributed by atoms with Crippen molar-refractivity contribution in [2.24, 2.45) is 11.8 Å². The maximum atomic E-state index is 11.9. The molecule has 1 heterocycles. The fourth-order valence-electron chi connectivity index (χ4n) is 1.84. The number of carbonyl (C=O) groups is 2. The van der Waals surface area contributed by atoms with E-state index in [1.54, 1.807) is 12.3 Å². The topological polar surface area (TPSA) is 68.3 Å². The Morgan fingerprint density at radius 3 is 2.95 bits per heavy atom. The van der Waals surface area contributed by atoms with Crippen molar-refractivity contribution < 1.29 is 14.3 Å². The van der Waals surface area contributed by atoms with Crippen molar-refractivity contribution in [3.63, 3.8) is 0 Å². The zero-order chi connectivity index (χ0) is 13.8. The molecule has 1 aromatic rings. The first-order valence-electron chi connectivity index (χ1n) is 6.52. The summed E-state index contributed by atoms with van der Waals surface area (Å²) in [5.74, 6) is 0.565. The number of aromatic nitrogens is 1. The maximum Gasteiger partial charge on any atom is 0.367 e. The number of nitrogens with one attached hydrogen (secondary N) is 1. The predicted molar refractivity (Wildman–Crippen MR) is 72.3 cm³/mol. The summed E-state index contributed by atoms with van der Waals surface area (Å²) < 4.78 is 4.84. The van der Waals surface area contributed by atoms with E-state index in [0.717, 1.165) is 17.3 Å². The molecule has 5 nitrogen and oxygen atoms in total. The molecule has 1 fully saturated rings. The number of hydrogen-bond donors (Lipinski definition) is 1. The van der Waals surface area contributed by atoms with Crippen molar-refractivity contribution >= 4 is 23.2 Å². The highest BCUT2D eigenvalue weighted by Crippen LogP contribution is 2.36. The minimum absolute atomic E-state index is 0.223. The van der Waals surface area contributed by atoms with Gasteiger partial charge in [-0.15, -0.1) is 11.3 Å². The zero-order valence-electron chi connectivity index (χ0n) is 11.1. The van der Waals surface area contributed by atoms with Gasteiger partial charge in [-0.1, -0.05) is 6.92 Å². The summed E-state index contributed by atoms with van der Waals surface area (Å²) in [6.45, 7) is 4.84. The van der Waals surface area contributed by atoms with Crippen molar-refractivity contribution in [1.29, 1.82) is 0 Å². The van der Waals surface area contributed by atoms with E-state index >= 15 is 0 Å². The number of hydrogen-bond acceptors (Lipinski definition) is 5. The summed E-state index contributed by atoms with van der Waals surface area (Å²) in [6.07, 6.45) is 2.53. The van der Waals surface area contributed by atoms with Crippen LogP contribution < -0.4 is 5.32 Å². The highest BCUT2D eigenvalue weighted by molar-refractivity contribution is 7.11. The molecule has 1 aliphatic rings. The van der Waals surface area contributed by atoms with Crippen molar-refractivity contribution in [3.05, 3.63) is 16.1 Å². The van der Waals surface area contributed by atoms with Crippen LogP contribution in [-0.2, 0) is 4.74 Å². The second-order valence-electron chi connectivity index (χ2n) is 4.78. The average molecular weight is 282 g/mol. The third kappa shape index (κ3) is 3.76. The van der Waals surface area contributed by atoms with Crippen LogP contribution in [0.3, 0.4) is 0 Å². The molecule has 1 aliphatic carbocycles. The molecule has 104 valence electrons. The molecule has 0 aromatic carbocycles. The Balaban J connectivity index is 1.86. The van der Waals surface area contributed by atoms with E-state index in [4.69, 9.17) is 4.74 Å². The largest absolute Gasteiger partial charge is 0.461 e. The van der Waals surface area contributed by atoms with Crippen LogP contribution in [0, 0.1) is 11.8 Å². The third-order valence-electron chi connectivity index (χ3n) is 3.20. The lowest BCUT2D eigenvalue weighted by Gasteiger charge is -2.10. The SMILES string of the molecule is CCOC(=O)c1nc(C(=O)NCC(C)C2CC2)cs1. The number of ether oxygens (including phenoxy) is 1. The van der Waals surface area contributed by atoms with Gasteiger partial charge in [-0.2, -0.15) is 0 Å². The summed E-state index contributed by atoms with van der Waals surface area (Å²) in [4.78, 5) is 27.3. The second kappa shape index (κ2) is 6.14. The number of esters is 1. The van der Waals surface area contributed by atoms with Gasteiger partial charge in [-0.05, 0) is 31.6 Å². The molecule has 0 aliphatic heterocycles. The smallest absolute Gasteiger partial charge is 0.367 e. The summed E-state index contributed by atoms with van der Waals surface area (Å²) >= 11 is 1.13. The van der Waals surface area contributed by atoms with Crippen LogP contribution >= 0.6 is 11.3 Å². The van der Waals surface area contributed by atoms with Crippen LogP contribution in [0.15, 0.2) is 5.38 Å². The first-order valence-corrected chi connectivity index (χ1v) is 7.40. The van der Waals surface area contributed by atoms with E-state index in [-0.39, 0.29) is 16.6 Å². The lowest BCUT2D eigenvalue weighted by atomic mass is 10.1. The van der Waals surface area contributed by atoms with Crippen molar-refractivity contribution in [2.45, 2.75) is 26.7 Å². The van der Waals surface area contributed by atoms with Gasteiger partial charge in [0.1, 0.15) is 5.69 Å². The predicted octanol–water partition coefficient (Wildman–Crippen LogP) is 2.10. The monoisotopic (exact) mass is 282 g/mol. The molecule has 1 aromatic heterocycles. The lowest BCUT2D eigenvalue weighted by molar-refractivity contribution is 0.0526. The van der Waals surface area contributed by atoms with E-state index in [1.165, 1.54) is 12.8 Å². The van der Waals surface area contributed by atoms with Gasteiger partial charge in [-0.3, -0.25) is 4.79 Å². The molecule has 2 rings (SSSR count).